The Morgan fingerprint density at radius 2 is 1.89 bits per heavy atom. The number of carboxylic acids is 1. The highest BCUT2D eigenvalue weighted by Crippen LogP contribution is 2.22. The number of hydrogen-bond acceptors (Lipinski definition) is 3. The molecule has 0 aliphatic rings. The molecule has 1 rings (SSSR count). The molecule has 1 aromatic heterocycles. The monoisotopic (exact) mass is 328 g/mol. The summed E-state index contributed by atoms with van der Waals surface area (Å²) in [6, 6.07) is 1.62. The highest BCUT2D eigenvalue weighted by atomic mass is 79.9. The molecule has 0 unspecified atom stereocenters. The standard InChI is InChI=1S/C14H21BrN2O2/c1-3-5-7-17(8-6-4-2)13-12(14(18)19)9-11(15)10-16-13/h9-10H,3-8H2,1-2H3,(H,18,19). The zero-order chi connectivity index (χ0) is 14.3. The quantitative estimate of drug-likeness (QED) is 0.785. The maximum atomic E-state index is 11.3. The summed E-state index contributed by atoms with van der Waals surface area (Å²) < 4.78 is 0.694. The summed E-state index contributed by atoms with van der Waals surface area (Å²) in [4.78, 5) is 17.7. The lowest BCUT2D eigenvalue weighted by Gasteiger charge is -2.24. The number of rotatable bonds is 8. The van der Waals surface area contributed by atoms with Crippen molar-refractivity contribution in [2.75, 3.05) is 18.0 Å². The van der Waals surface area contributed by atoms with E-state index in [0.717, 1.165) is 38.8 Å². The number of carbonyl (C=O) groups is 1. The maximum absolute atomic E-state index is 11.3. The normalized spacial score (nSPS) is 10.5. The zero-order valence-corrected chi connectivity index (χ0v) is 13.1. The van der Waals surface area contributed by atoms with Gasteiger partial charge in [0.1, 0.15) is 11.4 Å². The van der Waals surface area contributed by atoms with Gasteiger partial charge in [-0.05, 0) is 34.8 Å². The van der Waals surface area contributed by atoms with Gasteiger partial charge in [0.2, 0.25) is 0 Å². The molecule has 1 aromatic rings. The van der Waals surface area contributed by atoms with E-state index in [2.05, 4.69) is 39.7 Å². The average molecular weight is 329 g/mol. The predicted molar refractivity (Wildman–Crippen MR) is 80.9 cm³/mol. The van der Waals surface area contributed by atoms with E-state index in [4.69, 9.17) is 0 Å². The molecule has 0 amide bonds. The predicted octanol–water partition coefficient (Wildman–Crippen LogP) is 3.95. The fraction of sp³-hybridized carbons (Fsp3) is 0.571. The topological polar surface area (TPSA) is 53.4 Å². The van der Waals surface area contributed by atoms with Crippen LogP contribution in [0.3, 0.4) is 0 Å². The molecule has 0 aliphatic carbocycles. The number of aromatic carboxylic acids is 1. The third-order valence-corrected chi connectivity index (χ3v) is 3.36. The molecule has 19 heavy (non-hydrogen) atoms. The number of unbranched alkanes of at least 4 members (excludes halogenated alkanes) is 2. The molecule has 0 aliphatic heterocycles. The summed E-state index contributed by atoms with van der Waals surface area (Å²) in [7, 11) is 0. The lowest BCUT2D eigenvalue weighted by atomic mass is 10.2. The molecule has 0 saturated carbocycles. The van der Waals surface area contributed by atoms with Crippen LogP contribution >= 0.6 is 15.9 Å². The number of halogens is 1. The van der Waals surface area contributed by atoms with E-state index in [9.17, 15) is 9.90 Å². The number of aromatic nitrogens is 1. The van der Waals surface area contributed by atoms with Gasteiger partial charge in [0.05, 0.1) is 0 Å². The van der Waals surface area contributed by atoms with Crippen molar-refractivity contribution in [1.29, 1.82) is 0 Å². The SMILES string of the molecule is CCCCN(CCCC)c1ncc(Br)cc1C(=O)O. The Labute approximate surface area is 123 Å². The first-order valence-electron chi connectivity index (χ1n) is 6.73. The number of carboxylic acid groups (broad SMARTS) is 1. The molecule has 0 aromatic carbocycles. The summed E-state index contributed by atoms with van der Waals surface area (Å²) in [5.74, 6) is -0.348. The van der Waals surface area contributed by atoms with Crippen molar-refractivity contribution in [3.05, 3.63) is 22.3 Å². The molecule has 0 saturated heterocycles. The first kappa shape index (κ1) is 16.0. The number of pyridine rings is 1. The highest BCUT2D eigenvalue weighted by Gasteiger charge is 2.17. The second-order valence-electron chi connectivity index (χ2n) is 4.52. The summed E-state index contributed by atoms with van der Waals surface area (Å²) in [6.45, 7) is 5.97. The van der Waals surface area contributed by atoms with E-state index in [1.807, 2.05) is 0 Å². The molecule has 1 N–H and O–H groups in total. The van der Waals surface area contributed by atoms with E-state index in [0.29, 0.717) is 10.3 Å². The van der Waals surface area contributed by atoms with Gasteiger partial charge < -0.3 is 10.0 Å². The molecule has 0 spiro atoms. The molecular weight excluding hydrogens is 308 g/mol. The molecule has 0 atom stereocenters. The van der Waals surface area contributed by atoms with Crippen LogP contribution in [0.1, 0.15) is 49.9 Å². The van der Waals surface area contributed by atoms with E-state index in [1.54, 1.807) is 12.3 Å². The Morgan fingerprint density at radius 1 is 1.32 bits per heavy atom. The van der Waals surface area contributed by atoms with Crippen LogP contribution in [0, 0.1) is 0 Å². The number of hydrogen-bond donors (Lipinski definition) is 1. The smallest absolute Gasteiger partial charge is 0.339 e. The van der Waals surface area contributed by atoms with E-state index < -0.39 is 5.97 Å². The molecule has 0 radical (unpaired) electrons. The van der Waals surface area contributed by atoms with Crippen molar-refractivity contribution >= 4 is 27.7 Å². The Balaban J connectivity index is 3.02. The Kier molecular flexibility index (Phi) is 6.84. The van der Waals surface area contributed by atoms with Crippen LogP contribution in [0.4, 0.5) is 5.82 Å². The molecule has 4 nitrogen and oxygen atoms in total. The summed E-state index contributed by atoms with van der Waals surface area (Å²) >= 11 is 3.27. The third kappa shape index (κ3) is 4.82. The van der Waals surface area contributed by atoms with Gasteiger partial charge in [-0.15, -0.1) is 0 Å². The van der Waals surface area contributed by atoms with Gasteiger partial charge in [-0.3, -0.25) is 0 Å². The van der Waals surface area contributed by atoms with Crippen LogP contribution in [0.25, 0.3) is 0 Å². The van der Waals surface area contributed by atoms with E-state index >= 15 is 0 Å². The Hall–Kier alpha value is -1.10. The third-order valence-electron chi connectivity index (χ3n) is 2.93. The zero-order valence-electron chi connectivity index (χ0n) is 11.5. The minimum absolute atomic E-state index is 0.265. The van der Waals surface area contributed by atoms with Gasteiger partial charge >= 0.3 is 5.97 Å². The second-order valence-corrected chi connectivity index (χ2v) is 5.44. The van der Waals surface area contributed by atoms with Crippen molar-refractivity contribution < 1.29 is 9.90 Å². The van der Waals surface area contributed by atoms with Crippen molar-refractivity contribution in [3.8, 4) is 0 Å². The molecular formula is C14H21BrN2O2. The van der Waals surface area contributed by atoms with Gasteiger partial charge in [0.25, 0.3) is 0 Å². The average Bonchev–Trinajstić information content (AvgIpc) is 2.39. The molecule has 1 heterocycles. The van der Waals surface area contributed by atoms with Crippen LogP contribution in [0.5, 0.6) is 0 Å². The van der Waals surface area contributed by atoms with Gasteiger partial charge in [-0.1, -0.05) is 26.7 Å². The molecule has 106 valence electrons. The molecule has 5 heteroatoms. The van der Waals surface area contributed by atoms with Gasteiger partial charge in [-0.2, -0.15) is 0 Å². The van der Waals surface area contributed by atoms with Crippen molar-refractivity contribution in [1.82, 2.24) is 4.98 Å². The van der Waals surface area contributed by atoms with Crippen LogP contribution < -0.4 is 4.90 Å². The van der Waals surface area contributed by atoms with Crippen molar-refractivity contribution in [3.63, 3.8) is 0 Å². The van der Waals surface area contributed by atoms with Crippen LogP contribution in [0.15, 0.2) is 16.7 Å². The molecule has 0 fully saturated rings. The summed E-state index contributed by atoms with van der Waals surface area (Å²) in [5.41, 5.74) is 0.265. The minimum atomic E-state index is -0.929. The van der Waals surface area contributed by atoms with Gasteiger partial charge in [0.15, 0.2) is 0 Å². The molecule has 0 bridgehead atoms. The lowest BCUT2D eigenvalue weighted by molar-refractivity contribution is 0.0697. The fourth-order valence-corrected chi connectivity index (χ4v) is 2.19. The summed E-state index contributed by atoms with van der Waals surface area (Å²) in [5, 5.41) is 9.30. The van der Waals surface area contributed by atoms with Crippen LogP contribution in [0.2, 0.25) is 0 Å². The number of nitrogens with zero attached hydrogens (tertiary/aromatic N) is 2. The van der Waals surface area contributed by atoms with Gasteiger partial charge in [-0.25, -0.2) is 9.78 Å². The minimum Gasteiger partial charge on any atom is -0.478 e. The second kappa shape index (κ2) is 8.15. The highest BCUT2D eigenvalue weighted by molar-refractivity contribution is 9.10. The first-order valence-corrected chi connectivity index (χ1v) is 7.53. The van der Waals surface area contributed by atoms with Crippen LogP contribution in [-0.4, -0.2) is 29.1 Å². The maximum Gasteiger partial charge on any atom is 0.339 e. The van der Waals surface area contributed by atoms with Crippen molar-refractivity contribution in [2.24, 2.45) is 0 Å². The fourth-order valence-electron chi connectivity index (χ4n) is 1.86. The Bertz CT molecular complexity index is 416. The van der Waals surface area contributed by atoms with Gasteiger partial charge in [0, 0.05) is 23.8 Å². The lowest BCUT2D eigenvalue weighted by Crippen LogP contribution is -2.28. The van der Waals surface area contributed by atoms with Crippen molar-refractivity contribution in [2.45, 2.75) is 39.5 Å². The number of anilines is 1. The largest absolute Gasteiger partial charge is 0.478 e. The Morgan fingerprint density at radius 3 is 2.37 bits per heavy atom. The van der Waals surface area contributed by atoms with E-state index in [-0.39, 0.29) is 5.56 Å². The van der Waals surface area contributed by atoms with E-state index in [1.165, 1.54) is 0 Å². The van der Waals surface area contributed by atoms with Crippen LogP contribution in [-0.2, 0) is 0 Å². The summed E-state index contributed by atoms with van der Waals surface area (Å²) in [6.07, 6.45) is 5.91. The first-order chi connectivity index (χ1) is 9.10.